The number of Topliss-reactive ketones (excluding diaryl/α,β-unsaturated/α-hetero) is 1. The largest absolute Gasteiger partial charge is 0.550 e. The lowest BCUT2D eigenvalue weighted by atomic mass is 9.86. The summed E-state index contributed by atoms with van der Waals surface area (Å²) in [6.45, 7) is 0.966. The number of aliphatic carboxylic acids is 1. The highest BCUT2D eigenvalue weighted by molar-refractivity contribution is 5.92. The fraction of sp³-hybridized carbons (Fsp3) is 0.818. The Morgan fingerprint density at radius 3 is 2.12 bits per heavy atom. The van der Waals surface area contributed by atoms with Gasteiger partial charge in [0.05, 0.1) is 27.7 Å². The fourth-order valence-electron chi connectivity index (χ4n) is 1.79. The number of carbonyl (C=O) groups is 2. The van der Waals surface area contributed by atoms with Crippen LogP contribution in [-0.2, 0) is 9.59 Å². The van der Waals surface area contributed by atoms with E-state index in [-0.39, 0.29) is 11.0 Å². The van der Waals surface area contributed by atoms with E-state index in [1.165, 1.54) is 6.92 Å². The molecule has 0 bridgehead atoms. The van der Waals surface area contributed by atoms with E-state index in [4.69, 9.17) is 5.11 Å². The average Bonchev–Trinajstić information content (AvgIpc) is 2.10. The molecule has 0 aliphatic rings. The van der Waals surface area contributed by atoms with Crippen LogP contribution in [0.3, 0.4) is 0 Å². The van der Waals surface area contributed by atoms with Crippen molar-refractivity contribution in [2.45, 2.75) is 18.9 Å². The zero-order valence-corrected chi connectivity index (χ0v) is 10.8. The highest BCUT2D eigenvalue weighted by Crippen LogP contribution is 2.19. The molecule has 0 saturated heterocycles. The van der Waals surface area contributed by atoms with Crippen molar-refractivity contribution in [2.24, 2.45) is 5.92 Å². The monoisotopic (exact) mass is 247 g/mol. The number of aliphatic hydroxyl groups is 2. The molecule has 0 radical (unpaired) electrons. The topological polar surface area (TPSA) is 97.7 Å². The van der Waals surface area contributed by atoms with Crippen LogP contribution >= 0.6 is 0 Å². The summed E-state index contributed by atoms with van der Waals surface area (Å²) in [7, 11) is 5.20. The lowest BCUT2D eigenvalue weighted by molar-refractivity contribution is -0.875. The van der Waals surface area contributed by atoms with E-state index in [1.807, 2.05) is 0 Å². The van der Waals surface area contributed by atoms with Gasteiger partial charge in [0.1, 0.15) is 6.54 Å². The highest BCUT2D eigenvalue weighted by atomic mass is 16.4. The van der Waals surface area contributed by atoms with E-state index < -0.39 is 36.3 Å². The molecular formula is C11H21NO5. The standard InChI is InChI=1S/C11H21NO5/c1-8(6-13)10(16)11(17,5-9(14)15)7-12(2,3)4/h8,13,17H,5-7H2,1-4H3/t8?,11-/m0/s1. The van der Waals surface area contributed by atoms with Gasteiger partial charge in [0.15, 0.2) is 11.4 Å². The normalized spacial score (nSPS) is 17.3. The zero-order chi connectivity index (χ0) is 13.9. The number of nitrogens with zero attached hydrogens (tertiary/aromatic N) is 1. The SMILES string of the molecule is CC(CO)C(=O)[C@](O)(CC(=O)[O-])C[N+](C)(C)C. The first-order valence-corrected chi connectivity index (χ1v) is 5.40. The third-order valence-corrected chi connectivity index (χ3v) is 2.35. The number of carbonyl (C=O) groups excluding carboxylic acids is 2. The number of aliphatic hydroxyl groups excluding tert-OH is 1. The quantitative estimate of drug-likeness (QED) is 0.496. The average molecular weight is 247 g/mol. The third-order valence-electron chi connectivity index (χ3n) is 2.35. The maximum atomic E-state index is 11.9. The number of carboxylic acid groups (broad SMARTS) is 1. The molecule has 0 saturated carbocycles. The van der Waals surface area contributed by atoms with Crippen LogP contribution in [0, 0.1) is 5.92 Å². The Morgan fingerprint density at radius 1 is 1.35 bits per heavy atom. The van der Waals surface area contributed by atoms with E-state index in [9.17, 15) is 19.8 Å². The van der Waals surface area contributed by atoms with Crippen molar-refractivity contribution in [3.63, 3.8) is 0 Å². The molecule has 0 aromatic rings. The van der Waals surface area contributed by atoms with Gasteiger partial charge >= 0.3 is 0 Å². The Balaban J connectivity index is 5.09. The lowest BCUT2D eigenvalue weighted by Gasteiger charge is -2.35. The Morgan fingerprint density at radius 2 is 1.82 bits per heavy atom. The summed E-state index contributed by atoms with van der Waals surface area (Å²) < 4.78 is 0.230. The van der Waals surface area contributed by atoms with E-state index in [1.54, 1.807) is 21.1 Å². The van der Waals surface area contributed by atoms with E-state index in [0.29, 0.717) is 0 Å². The summed E-state index contributed by atoms with van der Waals surface area (Å²) in [4.78, 5) is 22.5. The second-order valence-corrected chi connectivity index (χ2v) is 5.48. The van der Waals surface area contributed by atoms with Crippen LogP contribution in [0.15, 0.2) is 0 Å². The molecule has 0 spiro atoms. The molecule has 6 nitrogen and oxygen atoms in total. The molecule has 0 aliphatic carbocycles. The van der Waals surface area contributed by atoms with E-state index in [0.717, 1.165) is 0 Å². The molecule has 2 N–H and O–H groups in total. The molecule has 0 amide bonds. The van der Waals surface area contributed by atoms with Crippen LogP contribution in [0.5, 0.6) is 0 Å². The van der Waals surface area contributed by atoms with Gasteiger partial charge in [0.2, 0.25) is 0 Å². The summed E-state index contributed by atoms with van der Waals surface area (Å²) in [5.41, 5.74) is -2.00. The predicted molar refractivity (Wildman–Crippen MR) is 58.7 cm³/mol. The summed E-state index contributed by atoms with van der Waals surface area (Å²) in [6.07, 6.45) is -0.758. The van der Waals surface area contributed by atoms with Crippen LogP contribution < -0.4 is 5.11 Å². The number of ketones is 1. The highest BCUT2D eigenvalue weighted by Gasteiger charge is 2.42. The van der Waals surface area contributed by atoms with Crippen LogP contribution in [0.4, 0.5) is 0 Å². The van der Waals surface area contributed by atoms with Gasteiger partial charge < -0.3 is 24.6 Å². The van der Waals surface area contributed by atoms with Crippen molar-refractivity contribution in [3.8, 4) is 0 Å². The summed E-state index contributed by atoms with van der Waals surface area (Å²) in [6, 6.07) is 0. The molecule has 100 valence electrons. The zero-order valence-electron chi connectivity index (χ0n) is 10.8. The Bertz CT molecular complexity index is 297. The molecular weight excluding hydrogens is 226 g/mol. The molecule has 2 atom stereocenters. The van der Waals surface area contributed by atoms with Gasteiger partial charge in [-0.3, -0.25) is 4.79 Å². The summed E-state index contributed by atoms with van der Waals surface area (Å²) in [5.74, 6) is -2.96. The minimum absolute atomic E-state index is 0.0514. The molecule has 6 heteroatoms. The van der Waals surface area contributed by atoms with Crippen LogP contribution in [0.2, 0.25) is 0 Å². The van der Waals surface area contributed by atoms with Gasteiger partial charge in [-0.2, -0.15) is 0 Å². The van der Waals surface area contributed by atoms with E-state index >= 15 is 0 Å². The van der Waals surface area contributed by atoms with Crippen LogP contribution in [0.25, 0.3) is 0 Å². The number of carboxylic acids is 1. The number of hydrogen-bond donors (Lipinski definition) is 2. The Hall–Kier alpha value is -0.980. The molecule has 0 fully saturated rings. The van der Waals surface area contributed by atoms with Gasteiger partial charge in [0, 0.05) is 18.3 Å². The third kappa shape index (κ3) is 5.25. The minimum Gasteiger partial charge on any atom is -0.550 e. The number of hydrogen-bond acceptors (Lipinski definition) is 5. The summed E-state index contributed by atoms with van der Waals surface area (Å²) in [5, 5.41) is 29.7. The van der Waals surface area contributed by atoms with E-state index in [2.05, 4.69) is 0 Å². The Labute approximate surface area is 101 Å². The van der Waals surface area contributed by atoms with Gasteiger partial charge in [-0.25, -0.2) is 0 Å². The lowest BCUT2D eigenvalue weighted by Crippen LogP contribution is -2.57. The van der Waals surface area contributed by atoms with Crippen molar-refractivity contribution in [2.75, 3.05) is 34.3 Å². The summed E-state index contributed by atoms with van der Waals surface area (Å²) >= 11 is 0. The second kappa shape index (κ2) is 5.57. The van der Waals surface area contributed by atoms with Crippen molar-refractivity contribution < 1.29 is 29.4 Å². The smallest absolute Gasteiger partial charge is 0.177 e. The first kappa shape index (κ1) is 16.0. The molecule has 0 aromatic carbocycles. The van der Waals surface area contributed by atoms with Crippen LogP contribution in [0.1, 0.15) is 13.3 Å². The fourth-order valence-corrected chi connectivity index (χ4v) is 1.79. The molecule has 0 aromatic heterocycles. The molecule has 0 rings (SSSR count). The van der Waals surface area contributed by atoms with Gasteiger partial charge in [-0.1, -0.05) is 6.92 Å². The van der Waals surface area contributed by atoms with Gasteiger partial charge in [-0.15, -0.1) is 0 Å². The van der Waals surface area contributed by atoms with Gasteiger partial charge in [0.25, 0.3) is 0 Å². The van der Waals surface area contributed by atoms with Crippen LogP contribution in [-0.4, -0.2) is 66.3 Å². The number of quaternary nitrogens is 1. The maximum Gasteiger partial charge on any atom is 0.177 e. The molecule has 17 heavy (non-hydrogen) atoms. The molecule has 0 heterocycles. The van der Waals surface area contributed by atoms with Crippen molar-refractivity contribution >= 4 is 11.8 Å². The first-order chi connectivity index (χ1) is 7.52. The first-order valence-electron chi connectivity index (χ1n) is 5.40. The van der Waals surface area contributed by atoms with Crippen molar-refractivity contribution in [3.05, 3.63) is 0 Å². The van der Waals surface area contributed by atoms with Gasteiger partial charge in [-0.05, 0) is 0 Å². The Kier molecular flexibility index (Phi) is 5.25. The number of rotatable bonds is 7. The maximum absolute atomic E-state index is 11.9. The number of likely N-dealkylation sites (N-methyl/N-ethyl adjacent to an activating group) is 1. The second-order valence-electron chi connectivity index (χ2n) is 5.48. The van der Waals surface area contributed by atoms with Crippen molar-refractivity contribution in [1.82, 2.24) is 0 Å². The minimum atomic E-state index is -2.00. The van der Waals surface area contributed by atoms with Crippen molar-refractivity contribution in [1.29, 1.82) is 0 Å². The molecule has 1 unspecified atom stereocenters. The predicted octanol–water partition coefficient (Wildman–Crippen LogP) is -2.24. The molecule has 0 aliphatic heterocycles.